The predicted molar refractivity (Wildman–Crippen MR) is 62.7 cm³/mol. The fourth-order valence-corrected chi connectivity index (χ4v) is 1.82. The normalized spacial score (nSPS) is 12.7. The summed E-state index contributed by atoms with van der Waals surface area (Å²) in [6, 6.07) is 4.73. The van der Waals surface area contributed by atoms with Gasteiger partial charge in [0.15, 0.2) is 0 Å². The smallest absolute Gasteiger partial charge is 0.0278 e. The molecule has 0 aromatic carbocycles. The van der Waals surface area contributed by atoms with Crippen LogP contribution >= 0.6 is 11.8 Å². The summed E-state index contributed by atoms with van der Waals surface area (Å²) in [7, 11) is 0. The lowest BCUT2D eigenvalue weighted by atomic mass is 10.3. The van der Waals surface area contributed by atoms with Gasteiger partial charge in [-0.2, -0.15) is 0 Å². The first-order valence-electron chi connectivity index (χ1n) is 5.09. The van der Waals surface area contributed by atoms with E-state index in [0.717, 1.165) is 12.3 Å². The fraction of sp³-hybridized carbons (Fsp3) is 0.545. The topological polar surface area (TPSA) is 24.9 Å². The van der Waals surface area contributed by atoms with Crippen LogP contribution in [0.15, 0.2) is 29.4 Å². The molecule has 0 aliphatic carbocycles. The van der Waals surface area contributed by atoms with Crippen LogP contribution in [-0.4, -0.2) is 23.3 Å². The average molecular weight is 210 g/mol. The molecule has 0 radical (unpaired) electrons. The van der Waals surface area contributed by atoms with E-state index in [1.54, 1.807) is 0 Å². The van der Waals surface area contributed by atoms with Crippen molar-refractivity contribution in [2.75, 3.05) is 12.3 Å². The van der Waals surface area contributed by atoms with Crippen molar-refractivity contribution >= 4 is 11.8 Å². The molecular formula is C11H18N2S. The Morgan fingerprint density at radius 1 is 1.43 bits per heavy atom. The third-order valence-electron chi connectivity index (χ3n) is 2.13. The molecule has 1 heterocycles. The monoisotopic (exact) mass is 210 g/mol. The minimum absolute atomic E-state index is 0.632. The first kappa shape index (κ1) is 11.5. The van der Waals surface area contributed by atoms with Crippen LogP contribution in [-0.2, 0) is 0 Å². The Morgan fingerprint density at radius 3 is 2.79 bits per heavy atom. The molecule has 1 atom stereocenters. The largest absolute Gasteiger partial charge is 0.313 e. The molecule has 0 aliphatic heterocycles. The Balaban J connectivity index is 2.10. The van der Waals surface area contributed by atoms with Crippen molar-refractivity contribution in [1.82, 2.24) is 10.3 Å². The zero-order valence-corrected chi connectivity index (χ0v) is 9.68. The number of rotatable bonds is 6. The highest BCUT2D eigenvalue weighted by Gasteiger charge is 1.96. The quantitative estimate of drug-likeness (QED) is 0.577. The van der Waals surface area contributed by atoms with Gasteiger partial charge in [0.1, 0.15) is 0 Å². The van der Waals surface area contributed by atoms with E-state index in [1.807, 2.05) is 36.3 Å². The van der Waals surface area contributed by atoms with Gasteiger partial charge in [-0.05, 0) is 25.5 Å². The van der Waals surface area contributed by atoms with Crippen molar-refractivity contribution in [3.05, 3.63) is 24.5 Å². The number of aromatic nitrogens is 1. The molecule has 0 saturated heterocycles. The third kappa shape index (κ3) is 4.63. The summed E-state index contributed by atoms with van der Waals surface area (Å²) >= 11 is 1.87. The van der Waals surface area contributed by atoms with Gasteiger partial charge < -0.3 is 5.32 Å². The first-order chi connectivity index (χ1) is 6.83. The van der Waals surface area contributed by atoms with E-state index in [9.17, 15) is 0 Å². The molecule has 0 bridgehead atoms. The summed E-state index contributed by atoms with van der Waals surface area (Å²) in [4.78, 5) is 5.28. The van der Waals surface area contributed by atoms with Gasteiger partial charge in [0.2, 0.25) is 0 Å². The minimum atomic E-state index is 0.632. The molecule has 0 aliphatic rings. The van der Waals surface area contributed by atoms with Gasteiger partial charge in [-0.1, -0.05) is 6.92 Å². The highest BCUT2D eigenvalue weighted by Crippen LogP contribution is 2.14. The van der Waals surface area contributed by atoms with Crippen molar-refractivity contribution in [3.8, 4) is 0 Å². The molecule has 1 aromatic rings. The average Bonchev–Trinajstić information content (AvgIpc) is 2.25. The number of nitrogens with zero attached hydrogens (tertiary/aromatic N) is 1. The van der Waals surface area contributed by atoms with Crippen molar-refractivity contribution in [1.29, 1.82) is 0 Å². The number of pyridine rings is 1. The van der Waals surface area contributed by atoms with Crippen molar-refractivity contribution in [2.24, 2.45) is 0 Å². The number of nitrogens with one attached hydrogen (secondary N) is 1. The maximum atomic E-state index is 3.99. The second-order valence-electron chi connectivity index (χ2n) is 3.29. The summed E-state index contributed by atoms with van der Waals surface area (Å²) in [5, 5.41) is 3.47. The maximum Gasteiger partial charge on any atom is 0.0278 e. The molecule has 1 aromatic heterocycles. The van der Waals surface area contributed by atoms with Crippen molar-refractivity contribution < 1.29 is 0 Å². The molecule has 14 heavy (non-hydrogen) atoms. The molecule has 1 N–H and O–H groups in total. The van der Waals surface area contributed by atoms with Crippen LogP contribution in [0.5, 0.6) is 0 Å². The Hall–Kier alpha value is -0.540. The second-order valence-corrected chi connectivity index (χ2v) is 4.46. The van der Waals surface area contributed by atoms with Gasteiger partial charge in [0.25, 0.3) is 0 Å². The van der Waals surface area contributed by atoms with Gasteiger partial charge in [-0.25, -0.2) is 0 Å². The SMILES string of the molecule is CCC(C)NCCSc1ccncc1. The third-order valence-corrected chi connectivity index (χ3v) is 3.14. The Labute approximate surface area is 90.5 Å². The molecule has 78 valence electrons. The zero-order valence-electron chi connectivity index (χ0n) is 8.86. The molecule has 0 spiro atoms. The van der Waals surface area contributed by atoms with Crippen LogP contribution in [0.1, 0.15) is 20.3 Å². The van der Waals surface area contributed by atoms with Crippen LogP contribution in [0.3, 0.4) is 0 Å². The lowest BCUT2D eigenvalue weighted by molar-refractivity contribution is 0.555. The summed E-state index contributed by atoms with van der Waals surface area (Å²) in [5.74, 6) is 1.12. The van der Waals surface area contributed by atoms with Crippen LogP contribution in [0.25, 0.3) is 0 Å². The number of hydrogen-bond acceptors (Lipinski definition) is 3. The molecule has 1 rings (SSSR count). The Kier molecular flexibility index (Phi) is 5.64. The molecule has 3 heteroatoms. The van der Waals surface area contributed by atoms with Crippen molar-refractivity contribution in [3.63, 3.8) is 0 Å². The molecular weight excluding hydrogens is 192 g/mol. The van der Waals surface area contributed by atoms with E-state index < -0.39 is 0 Å². The molecule has 0 amide bonds. The maximum absolute atomic E-state index is 3.99. The molecule has 2 nitrogen and oxygen atoms in total. The highest BCUT2D eigenvalue weighted by atomic mass is 32.2. The predicted octanol–water partition coefficient (Wildman–Crippen LogP) is 2.56. The van der Waals surface area contributed by atoms with Gasteiger partial charge in [-0.3, -0.25) is 4.98 Å². The zero-order chi connectivity index (χ0) is 10.2. The van der Waals surface area contributed by atoms with Gasteiger partial charge >= 0.3 is 0 Å². The Morgan fingerprint density at radius 2 is 2.14 bits per heavy atom. The lowest BCUT2D eigenvalue weighted by Gasteiger charge is -2.10. The number of hydrogen-bond donors (Lipinski definition) is 1. The summed E-state index contributed by atoms with van der Waals surface area (Å²) in [5.41, 5.74) is 0. The summed E-state index contributed by atoms with van der Waals surface area (Å²) in [6.07, 6.45) is 4.87. The van der Waals surface area contributed by atoms with Gasteiger partial charge in [-0.15, -0.1) is 11.8 Å². The number of thioether (sulfide) groups is 1. The minimum Gasteiger partial charge on any atom is -0.313 e. The highest BCUT2D eigenvalue weighted by molar-refractivity contribution is 7.99. The standard InChI is InChI=1S/C11H18N2S/c1-3-10(2)13-8-9-14-11-4-6-12-7-5-11/h4-7,10,13H,3,8-9H2,1-2H3. The van der Waals surface area contributed by atoms with E-state index >= 15 is 0 Å². The van der Waals surface area contributed by atoms with Crippen LogP contribution in [0, 0.1) is 0 Å². The molecule has 0 fully saturated rings. The fourth-order valence-electron chi connectivity index (χ4n) is 1.05. The molecule has 1 unspecified atom stereocenters. The van der Waals surface area contributed by atoms with Gasteiger partial charge in [0, 0.05) is 35.6 Å². The summed E-state index contributed by atoms with van der Waals surface area (Å²) < 4.78 is 0. The van der Waals surface area contributed by atoms with E-state index in [-0.39, 0.29) is 0 Å². The van der Waals surface area contributed by atoms with Crippen LogP contribution < -0.4 is 5.32 Å². The van der Waals surface area contributed by atoms with E-state index in [0.29, 0.717) is 6.04 Å². The first-order valence-corrected chi connectivity index (χ1v) is 6.07. The van der Waals surface area contributed by atoms with Crippen molar-refractivity contribution in [2.45, 2.75) is 31.2 Å². The second kappa shape index (κ2) is 6.85. The van der Waals surface area contributed by atoms with Gasteiger partial charge in [0.05, 0.1) is 0 Å². The van der Waals surface area contributed by atoms with E-state index in [2.05, 4.69) is 24.1 Å². The van der Waals surface area contributed by atoms with Crippen LogP contribution in [0.4, 0.5) is 0 Å². The van der Waals surface area contributed by atoms with E-state index in [1.165, 1.54) is 11.3 Å². The van der Waals surface area contributed by atoms with Crippen LogP contribution in [0.2, 0.25) is 0 Å². The van der Waals surface area contributed by atoms with E-state index in [4.69, 9.17) is 0 Å². The Bertz CT molecular complexity index is 238. The lowest BCUT2D eigenvalue weighted by Crippen LogP contribution is -2.27. The summed E-state index contributed by atoms with van der Waals surface area (Å²) in [6.45, 7) is 5.49. The molecule has 0 saturated carbocycles.